The van der Waals surface area contributed by atoms with Crippen LogP contribution in [0.5, 0.6) is 0 Å². The number of aliphatic hydroxyl groups excluding tert-OH is 1. The van der Waals surface area contributed by atoms with Crippen molar-refractivity contribution in [3.63, 3.8) is 0 Å². The summed E-state index contributed by atoms with van der Waals surface area (Å²) in [6.45, 7) is 6.09. The topological polar surface area (TPSA) is 46.2 Å². The first-order valence-corrected chi connectivity index (χ1v) is 6.53. The molecule has 17 heavy (non-hydrogen) atoms. The molecule has 3 heteroatoms. The SMILES string of the molecule is CCC(N)C(O)CC(C)c1ccc(Cl)c(C)c1. The van der Waals surface area contributed by atoms with Gasteiger partial charge in [0.05, 0.1) is 6.10 Å². The van der Waals surface area contributed by atoms with E-state index in [0.29, 0.717) is 12.3 Å². The molecule has 0 aromatic heterocycles. The Labute approximate surface area is 109 Å². The number of aliphatic hydroxyl groups is 1. The molecule has 1 aromatic carbocycles. The fourth-order valence-electron chi connectivity index (χ4n) is 1.92. The Morgan fingerprint density at radius 2 is 2.06 bits per heavy atom. The van der Waals surface area contributed by atoms with Crippen LogP contribution in [0.2, 0.25) is 5.02 Å². The van der Waals surface area contributed by atoms with Gasteiger partial charge in [0.1, 0.15) is 0 Å². The van der Waals surface area contributed by atoms with Crippen molar-refractivity contribution in [2.75, 3.05) is 0 Å². The van der Waals surface area contributed by atoms with Gasteiger partial charge in [-0.1, -0.05) is 37.6 Å². The lowest BCUT2D eigenvalue weighted by atomic mass is 9.91. The third-order valence-electron chi connectivity index (χ3n) is 3.31. The van der Waals surface area contributed by atoms with Gasteiger partial charge in [-0.25, -0.2) is 0 Å². The second kappa shape index (κ2) is 6.39. The number of hydrogen-bond acceptors (Lipinski definition) is 2. The molecule has 3 atom stereocenters. The van der Waals surface area contributed by atoms with Gasteiger partial charge < -0.3 is 10.8 Å². The molecule has 0 bridgehead atoms. The molecular weight excluding hydrogens is 234 g/mol. The summed E-state index contributed by atoms with van der Waals surface area (Å²) >= 11 is 5.99. The predicted octanol–water partition coefficient (Wildman–Crippen LogP) is 3.24. The molecule has 3 N–H and O–H groups in total. The zero-order valence-corrected chi connectivity index (χ0v) is 11.5. The zero-order valence-electron chi connectivity index (χ0n) is 10.8. The number of nitrogens with two attached hydrogens (primary N) is 1. The number of halogens is 1. The minimum atomic E-state index is -0.439. The number of benzene rings is 1. The van der Waals surface area contributed by atoms with Crippen LogP contribution in [0.15, 0.2) is 18.2 Å². The van der Waals surface area contributed by atoms with Crippen LogP contribution >= 0.6 is 11.6 Å². The van der Waals surface area contributed by atoms with E-state index in [1.54, 1.807) is 0 Å². The van der Waals surface area contributed by atoms with Crippen molar-refractivity contribution >= 4 is 11.6 Å². The normalized spacial score (nSPS) is 16.6. The summed E-state index contributed by atoms with van der Waals surface area (Å²) in [6.07, 6.45) is 1.05. The molecule has 0 aliphatic heterocycles. The molecule has 0 amide bonds. The molecule has 0 saturated carbocycles. The van der Waals surface area contributed by atoms with E-state index in [1.807, 2.05) is 26.0 Å². The first-order valence-electron chi connectivity index (χ1n) is 6.15. The van der Waals surface area contributed by atoms with Crippen LogP contribution in [0.3, 0.4) is 0 Å². The summed E-state index contributed by atoms with van der Waals surface area (Å²) in [4.78, 5) is 0. The summed E-state index contributed by atoms with van der Waals surface area (Å²) in [5.41, 5.74) is 8.10. The molecule has 0 aliphatic rings. The van der Waals surface area contributed by atoms with Crippen molar-refractivity contribution in [2.24, 2.45) is 5.73 Å². The van der Waals surface area contributed by atoms with Crippen LogP contribution in [-0.2, 0) is 0 Å². The van der Waals surface area contributed by atoms with Crippen molar-refractivity contribution in [3.05, 3.63) is 34.3 Å². The van der Waals surface area contributed by atoms with Crippen molar-refractivity contribution in [2.45, 2.75) is 51.7 Å². The minimum Gasteiger partial charge on any atom is -0.391 e. The Kier molecular flexibility index (Phi) is 5.44. The second-order valence-electron chi connectivity index (χ2n) is 4.78. The van der Waals surface area contributed by atoms with Crippen molar-refractivity contribution in [1.29, 1.82) is 0 Å². The summed E-state index contributed by atoms with van der Waals surface area (Å²) < 4.78 is 0. The molecule has 1 rings (SSSR count). The van der Waals surface area contributed by atoms with Crippen LogP contribution in [0.25, 0.3) is 0 Å². The van der Waals surface area contributed by atoms with E-state index in [-0.39, 0.29) is 6.04 Å². The van der Waals surface area contributed by atoms with Crippen molar-refractivity contribution in [1.82, 2.24) is 0 Å². The number of rotatable bonds is 5. The van der Waals surface area contributed by atoms with Crippen LogP contribution in [0.1, 0.15) is 43.7 Å². The monoisotopic (exact) mass is 255 g/mol. The van der Waals surface area contributed by atoms with Gasteiger partial charge in [0.25, 0.3) is 0 Å². The van der Waals surface area contributed by atoms with Gasteiger partial charge in [-0.3, -0.25) is 0 Å². The van der Waals surface area contributed by atoms with Crippen LogP contribution < -0.4 is 5.73 Å². The average molecular weight is 256 g/mol. The van der Waals surface area contributed by atoms with Crippen LogP contribution in [-0.4, -0.2) is 17.3 Å². The molecular formula is C14H22ClNO. The Hall–Kier alpha value is -0.570. The Balaban J connectivity index is 2.69. The van der Waals surface area contributed by atoms with E-state index in [4.69, 9.17) is 17.3 Å². The zero-order chi connectivity index (χ0) is 13.0. The molecule has 1 aromatic rings. The number of aryl methyl sites for hydroxylation is 1. The third kappa shape index (κ3) is 3.98. The minimum absolute atomic E-state index is 0.133. The Morgan fingerprint density at radius 3 is 2.59 bits per heavy atom. The van der Waals surface area contributed by atoms with E-state index in [2.05, 4.69) is 13.0 Å². The predicted molar refractivity (Wildman–Crippen MR) is 73.5 cm³/mol. The second-order valence-corrected chi connectivity index (χ2v) is 5.19. The number of hydrogen-bond donors (Lipinski definition) is 2. The molecule has 0 spiro atoms. The molecule has 0 heterocycles. The fourth-order valence-corrected chi connectivity index (χ4v) is 2.04. The molecule has 2 nitrogen and oxygen atoms in total. The lowest BCUT2D eigenvalue weighted by Gasteiger charge is -2.21. The van der Waals surface area contributed by atoms with Crippen LogP contribution in [0.4, 0.5) is 0 Å². The van der Waals surface area contributed by atoms with Gasteiger partial charge >= 0.3 is 0 Å². The van der Waals surface area contributed by atoms with Gasteiger partial charge in [0.2, 0.25) is 0 Å². The maximum atomic E-state index is 9.92. The first-order chi connectivity index (χ1) is 7.95. The highest BCUT2D eigenvalue weighted by Crippen LogP contribution is 2.25. The smallest absolute Gasteiger partial charge is 0.0696 e. The highest BCUT2D eigenvalue weighted by molar-refractivity contribution is 6.31. The van der Waals surface area contributed by atoms with E-state index in [9.17, 15) is 5.11 Å². The standard InChI is InChI=1S/C14H22ClNO/c1-4-13(16)14(17)8-9(2)11-5-6-12(15)10(3)7-11/h5-7,9,13-14,17H,4,8,16H2,1-3H3. The first kappa shape index (κ1) is 14.5. The van der Waals surface area contributed by atoms with Crippen molar-refractivity contribution in [3.8, 4) is 0 Å². The Bertz CT molecular complexity index is 367. The van der Waals surface area contributed by atoms with Gasteiger partial charge in [-0.15, -0.1) is 0 Å². The van der Waals surface area contributed by atoms with E-state index >= 15 is 0 Å². The maximum Gasteiger partial charge on any atom is 0.0696 e. The van der Waals surface area contributed by atoms with E-state index < -0.39 is 6.10 Å². The summed E-state index contributed by atoms with van der Waals surface area (Å²) in [5, 5.41) is 10.7. The average Bonchev–Trinajstić information content (AvgIpc) is 2.31. The maximum absolute atomic E-state index is 9.92. The van der Waals surface area contributed by atoms with Gasteiger partial charge in [-0.2, -0.15) is 0 Å². The molecule has 0 saturated heterocycles. The van der Waals surface area contributed by atoms with Gasteiger partial charge in [0, 0.05) is 11.1 Å². The quantitative estimate of drug-likeness (QED) is 0.849. The lowest BCUT2D eigenvalue weighted by molar-refractivity contribution is 0.126. The van der Waals surface area contributed by atoms with Gasteiger partial charge in [-0.05, 0) is 42.9 Å². The summed E-state index contributed by atoms with van der Waals surface area (Å²) in [6, 6.07) is 5.88. The molecule has 3 unspecified atom stereocenters. The summed E-state index contributed by atoms with van der Waals surface area (Å²) in [7, 11) is 0. The van der Waals surface area contributed by atoms with E-state index in [1.165, 1.54) is 5.56 Å². The molecule has 0 radical (unpaired) electrons. The Morgan fingerprint density at radius 1 is 1.41 bits per heavy atom. The fraction of sp³-hybridized carbons (Fsp3) is 0.571. The van der Waals surface area contributed by atoms with E-state index in [0.717, 1.165) is 17.0 Å². The van der Waals surface area contributed by atoms with Crippen LogP contribution in [0, 0.1) is 6.92 Å². The van der Waals surface area contributed by atoms with Gasteiger partial charge in [0.15, 0.2) is 0 Å². The highest BCUT2D eigenvalue weighted by Gasteiger charge is 2.17. The molecule has 0 aliphatic carbocycles. The van der Waals surface area contributed by atoms with Crippen molar-refractivity contribution < 1.29 is 5.11 Å². The third-order valence-corrected chi connectivity index (χ3v) is 3.74. The lowest BCUT2D eigenvalue weighted by Crippen LogP contribution is -2.34. The summed E-state index contributed by atoms with van der Waals surface area (Å²) in [5.74, 6) is 0.290. The largest absolute Gasteiger partial charge is 0.391 e. The molecule has 0 fully saturated rings. The molecule has 96 valence electrons. The highest BCUT2D eigenvalue weighted by atomic mass is 35.5.